The molecule has 1 saturated heterocycles. The summed E-state index contributed by atoms with van der Waals surface area (Å²) in [6, 6.07) is 30.0. The third-order valence-electron chi connectivity index (χ3n) is 7.51. The zero-order chi connectivity index (χ0) is 28.2. The predicted octanol–water partition coefficient (Wildman–Crippen LogP) is 7.66. The van der Waals surface area contributed by atoms with Gasteiger partial charge in [0, 0.05) is 54.1 Å². The number of benzene rings is 4. The number of morpholine rings is 1. The maximum absolute atomic E-state index is 13.6. The van der Waals surface area contributed by atoms with Crippen molar-refractivity contribution in [3.8, 4) is 11.5 Å². The fraction of sp³-hybridized carbons (Fsp3) is 0.206. The number of hydrogen-bond donors (Lipinski definition) is 0. The number of para-hydroxylation sites is 1. The molecule has 1 aliphatic rings. The van der Waals surface area contributed by atoms with E-state index in [1.54, 1.807) is 24.3 Å². The molecule has 7 heteroatoms. The highest BCUT2D eigenvalue weighted by molar-refractivity contribution is 6.30. The van der Waals surface area contributed by atoms with Crippen LogP contribution in [0.1, 0.15) is 29.0 Å². The first kappa shape index (κ1) is 27.1. The van der Waals surface area contributed by atoms with Crippen molar-refractivity contribution < 1.29 is 18.7 Å². The summed E-state index contributed by atoms with van der Waals surface area (Å²) in [5.41, 5.74) is 4.11. The normalized spacial score (nSPS) is 14.2. The monoisotopic (exact) mass is 568 g/mol. The standard InChI is InChI=1S/C34H30ClFN2O3/c35-26-10-14-28(15-11-26)41-29-5-3-4-25(20-29)31(21-34(39)37-16-18-40-19-17-37)32-23-38(33-7-2-1-6-30(32)33)22-24-8-12-27(36)13-9-24/h1-15,20,23,31H,16-19,21-22H2/t31-/m1/s1. The topological polar surface area (TPSA) is 43.7 Å². The molecule has 5 nitrogen and oxygen atoms in total. The summed E-state index contributed by atoms with van der Waals surface area (Å²) in [5.74, 6) is 0.998. The van der Waals surface area contributed by atoms with E-state index in [9.17, 15) is 9.18 Å². The van der Waals surface area contributed by atoms with E-state index in [-0.39, 0.29) is 17.6 Å². The Morgan fingerprint density at radius 1 is 0.902 bits per heavy atom. The van der Waals surface area contributed by atoms with E-state index in [2.05, 4.69) is 29.0 Å². The summed E-state index contributed by atoms with van der Waals surface area (Å²) in [4.78, 5) is 15.5. The van der Waals surface area contributed by atoms with E-state index in [0.29, 0.717) is 55.8 Å². The highest BCUT2D eigenvalue weighted by Gasteiger charge is 2.26. The van der Waals surface area contributed by atoms with Gasteiger partial charge in [0.15, 0.2) is 0 Å². The van der Waals surface area contributed by atoms with E-state index < -0.39 is 0 Å². The van der Waals surface area contributed by atoms with Crippen LogP contribution in [-0.4, -0.2) is 41.7 Å². The number of halogens is 2. The first-order valence-electron chi connectivity index (χ1n) is 13.7. The third kappa shape index (κ3) is 6.29. The summed E-state index contributed by atoms with van der Waals surface area (Å²) in [6.45, 7) is 2.88. The van der Waals surface area contributed by atoms with Crippen molar-refractivity contribution >= 4 is 28.4 Å². The van der Waals surface area contributed by atoms with Gasteiger partial charge in [0.1, 0.15) is 17.3 Å². The first-order valence-corrected chi connectivity index (χ1v) is 14.1. The molecule has 4 aromatic carbocycles. The lowest BCUT2D eigenvalue weighted by atomic mass is 9.87. The van der Waals surface area contributed by atoms with Gasteiger partial charge < -0.3 is 18.9 Å². The summed E-state index contributed by atoms with van der Waals surface area (Å²) < 4.78 is 27.4. The molecular formula is C34H30ClFN2O3. The van der Waals surface area contributed by atoms with Crippen molar-refractivity contribution in [3.63, 3.8) is 0 Å². The lowest BCUT2D eigenvalue weighted by molar-refractivity contribution is -0.135. The van der Waals surface area contributed by atoms with Gasteiger partial charge in [-0.1, -0.05) is 54.1 Å². The number of amides is 1. The van der Waals surface area contributed by atoms with Crippen LogP contribution in [-0.2, 0) is 16.1 Å². The van der Waals surface area contributed by atoms with Gasteiger partial charge in [-0.3, -0.25) is 4.79 Å². The van der Waals surface area contributed by atoms with Crippen LogP contribution < -0.4 is 4.74 Å². The Morgan fingerprint density at radius 2 is 1.66 bits per heavy atom. The van der Waals surface area contributed by atoms with E-state index in [1.165, 1.54) is 12.1 Å². The van der Waals surface area contributed by atoms with E-state index in [0.717, 1.165) is 27.6 Å². The molecule has 0 spiro atoms. The minimum atomic E-state index is -0.255. The molecule has 0 unspecified atom stereocenters. The largest absolute Gasteiger partial charge is 0.457 e. The average molecular weight is 569 g/mol. The average Bonchev–Trinajstić information content (AvgIpc) is 3.36. The van der Waals surface area contributed by atoms with Crippen molar-refractivity contribution in [3.05, 3.63) is 131 Å². The number of carbonyl (C=O) groups excluding carboxylic acids is 1. The Morgan fingerprint density at radius 3 is 2.44 bits per heavy atom. The molecule has 1 fully saturated rings. The number of nitrogens with zero attached hydrogens (tertiary/aromatic N) is 2. The van der Waals surface area contributed by atoms with Gasteiger partial charge in [-0.2, -0.15) is 0 Å². The SMILES string of the molecule is O=C(C[C@H](c1cccc(Oc2ccc(Cl)cc2)c1)c1cn(Cc2ccc(F)cc2)c2ccccc12)N1CCOCC1. The van der Waals surface area contributed by atoms with Gasteiger partial charge in [-0.05, 0) is 71.3 Å². The molecule has 0 radical (unpaired) electrons. The van der Waals surface area contributed by atoms with Crippen molar-refractivity contribution in [2.75, 3.05) is 26.3 Å². The van der Waals surface area contributed by atoms with Crippen LogP contribution in [0.2, 0.25) is 5.02 Å². The summed E-state index contributed by atoms with van der Waals surface area (Å²) in [6.07, 6.45) is 2.45. The molecule has 0 aliphatic carbocycles. The van der Waals surface area contributed by atoms with Gasteiger partial charge in [0.05, 0.1) is 13.2 Å². The minimum absolute atomic E-state index is 0.0951. The van der Waals surface area contributed by atoms with Gasteiger partial charge in [-0.25, -0.2) is 4.39 Å². The van der Waals surface area contributed by atoms with Gasteiger partial charge in [0.2, 0.25) is 5.91 Å². The smallest absolute Gasteiger partial charge is 0.223 e. The Hall–Kier alpha value is -4.13. The van der Waals surface area contributed by atoms with Crippen LogP contribution in [0.5, 0.6) is 11.5 Å². The van der Waals surface area contributed by atoms with Crippen LogP contribution in [0.15, 0.2) is 103 Å². The molecule has 1 aromatic heterocycles. The molecule has 0 bridgehead atoms. The summed E-state index contributed by atoms with van der Waals surface area (Å²) in [5, 5.41) is 1.73. The number of fused-ring (bicyclic) bond motifs is 1. The number of carbonyl (C=O) groups is 1. The lowest BCUT2D eigenvalue weighted by Gasteiger charge is -2.29. The summed E-state index contributed by atoms with van der Waals surface area (Å²) in [7, 11) is 0. The third-order valence-corrected chi connectivity index (χ3v) is 7.77. The second-order valence-electron chi connectivity index (χ2n) is 10.2. The molecular weight excluding hydrogens is 539 g/mol. The van der Waals surface area contributed by atoms with Crippen LogP contribution in [0.3, 0.4) is 0 Å². The second-order valence-corrected chi connectivity index (χ2v) is 10.7. The molecule has 0 N–H and O–H groups in total. The molecule has 0 saturated carbocycles. The van der Waals surface area contributed by atoms with Crippen LogP contribution in [0.25, 0.3) is 10.9 Å². The maximum Gasteiger partial charge on any atom is 0.223 e. The summed E-state index contributed by atoms with van der Waals surface area (Å²) >= 11 is 6.05. The Labute approximate surface area is 243 Å². The van der Waals surface area contributed by atoms with Gasteiger partial charge in [-0.15, -0.1) is 0 Å². The Kier molecular flexibility index (Phi) is 8.03. The second kappa shape index (κ2) is 12.2. The molecule has 1 atom stereocenters. The lowest BCUT2D eigenvalue weighted by Crippen LogP contribution is -2.41. The maximum atomic E-state index is 13.6. The highest BCUT2D eigenvalue weighted by Crippen LogP contribution is 2.37. The quantitative estimate of drug-likeness (QED) is 0.193. The molecule has 1 aliphatic heterocycles. The zero-order valence-electron chi connectivity index (χ0n) is 22.5. The molecule has 2 heterocycles. The molecule has 208 valence electrons. The van der Waals surface area contributed by atoms with Crippen molar-refractivity contribution in [1.82, 2.24) is 9.47 Å². The number of ether oxygens (including phenoxy) is 2. The molecule has 6 rings (SSSR count). The fourth-order valence-corrected chi connectivity index (χ4v) is 5.55. The zero-order valence-corrected chi connectivity index (χ0v) is 23.3. The number of hydrogen-bond acceptors (Lipinski definition) is 3. The number of aromatic nitrogens is 1. The highest BCUT2D eigenvalue weighted by atomic mass is 35.5. The van der Waals surface area contributed by atoms with Gasteiger partial charge in [0.25, 0.3) is 0 Å². The van der Waals surface area contributed by atoms with E-state index in [4.69, 9.17) is 21.1 Å². The molecule has 1 amide bonds. The van der Waals surface area contributed by atoms with Crippen molar-refractivity contribution in [2.45, 2.75) is 18.9 Å². The van der Waals surface area contributed by atoms with E-state index >= 15 is 0 Å². The van der Waals surface area contributed by atoms with Crippen LogP contribution >= 0.6 is 11.6 Å². The van der Waals surface area contributed by atoms with Crippen LogP contribution in [0, 0.1) is 5.82 Å². The van der Waals surface area contributed by atoms with Crippen molar-refractivity contribution in [2.24, 2.45) is 0 Å². The molecule has 5 aromatic rings. The van der Waals surface area contributed by atoms with Gasteiger partial charge >= 0.3 is 0 Å². The first-order chi connectivity index (χ1) is 20.0. The molecule has 41 heavy (non-hydrogen) atoms. The Balaban J connectivity index is 1.39. The fourth-order valence-electron chi connectivity index (χ4n) is 5.43. The number of rotatable bonds is 8. The van der Waals surface area contributed by atoms with E-state index in [1.807, 2.05) is 47.4 Å². The van der Waals surface area contributed by atoms with Crippen molar-refractivity contribution in [1.29, 1.82) is 0 Å². The predicted molar refractivity (Wildman–Crippen MR) is 159 cm³/mol. The minimum Gasteiger partial charge on any atom is -0.457 e. The van der Waals surface area contributed by atoms with Crippen LogP contribution in [0.4, 0.5) is 4.39 Å². The Bertz CT molecular complexity index is 1640.